The van der Waals surface area contributed by atoms with Crippen LogP contribution < -0.4 is 5.32 Å². The molecule has 0 aromatic heterocycles. The van der Waals surface area contributed by atoms with Gasteiger partial charge < -0.3 is 10.4 Å². The van der Waals surface area contributed by atoms with Crippen LogP contribution in [0.5, 0.6) is 0 Å². The molecule has 16 heavy (non-hydrogen) atoms. The van der Waals surface area contributed by atoms with Crippen molar-refractivity contribution in [3.05, 3.63) is 35.4 Å². The third kappa shape index (κ3) is 3.66. The number of hydrogen-bond acceptors (Lipinski definition) is 2. The maximum atomic E-state index is 10.9. The molecular formula is C13H19NO2. The Morgan fingerprint density at radius 3 is 2.38 bits per heavy atom. The van der Waals surface area contributed by atoms with Gasteiger partial charge in [-0.1, -0.05) is 29.8 Å². The second kappa shape index (κ2) is 5.12. The monoisotopic (exact) mass is 221 g/mol. The van der Waals surface area contributed by atoms with Crippen LogP contribution in [0.4, 0.5) is 0 Å². The molecule has 0 amide bonds. The van der Waals surface area contributed by atoms with Crippen molar-refractivity contribution in [1.82, 2.24) is 5.32 Å². The molecule has 0 aliphatic heterocycles. The van der Waals surface area contributed by atoms with E-state index in [1.165, 1.54) is 11.1 Å². The van der Waals surface area contributed by atoms with Gasteiger partial charge in [0, 0.05) is 13.1 Å². The zero-order chi connectivity index (χ0) is 12.2. The molecule has 0 spiro atoms. The molecule has 2 N–H and O–H groups in total. The molecule has 3 nitrogen and oxygen atoms in total. The van der Waals surface area contributed by atoms with Gasteiger partial charge in [0.1, 0.15) is 0 Å². The van der Waals surface area contributed by atoms with Gasteiger partial charge in [-0.3, -0.25) is 4.79 Å². The SMILES string of the molecule is Cc1ccc(CNCC(C)(C)C(=O)O)cc1. The molecule has 0 atom stereocenters. The highest BCUT2D eigenvalue weighted by Gasteiger charge is 2.26. The van der Waals surface area contributed by atoms with Crippen LogP contribution in [-0.4, -0.2) is 17.6 Å². The zero-order valence-electron chi connectivity index (χ0n) is 10.1. The van der Waals surface area contributed by atoms with Crippen LogP contribution in [0.2, 0.25) is 0 Å². The Hall–Kier alpha value is -1.35. The van der Waals surface area contributed by atoms with Gasteiger partial charge in [-0.25, -0.2) is 0 Å². The first kappa shape index (κ1) is 12.7. The predicted molar refractivity (Wildman–Crippen MR) is 64.3 cm³/mol. The molecule has 0 fully saturated rings. The predicted octanol–water partition coefficient (Wildman–Crippen LogP) is 2.20. The van der Waals surface area contributed by atoms with E-state index in [0.29, 0.717) is 13.1 Å². The van der Waals surface area contributed by atoms with E-state index in [2.05, 4.69) is 29.6 Å². The molecule has 1 rings (SSSR count). The van der Waals surface area contributed by atoms with E-state index < -0.39 is 11.4 Å². The first-order valence-electron chi connectivity index (χ1n) is 5.41. The molecule has 88 valence electrons. The molecule has 1 aromatic carbocycles. The molecule has 1 aromatic rings. The number of aliphatic carboxylic acids is 1. The van der Waals surface area contributed by atoms with E-state index in [9.17, 15) is 4.79 Å². The Labute approximate surface area is 96.5 Å². The van der Waals surface area contributed by atoms with E-state index in [4.69, 9.17) is 5.11 Å². The molecule has 0 saturated carbocycles. The third-order valence-electron chi connectivity index (χ3n) is 2.60. The number of nitrogens with one attached hydrogen (secondary N) is 1. The second-order valence-electron chi connectivity index (χ2n) is 4.78. The molecule has 0 aliphatic rings. The third-order valence-corrected chi connectivity index (χ3v) is 2.60. The number of aryl methyl sites for hydroxylation is 1. The van der Waals surface area contributed by atoms with Crippen LogP contribution in [0.15, 0.2) is 24.3 Å². The summed E-state index contributed by atoms with van der Waals surface area (Å²) >= 11 is 0. The van der Waals surface area contributed by atoms with Crippen molar-refractivity contribution in [2.75, 3.05) is 6.54 Å². The summed E-state index contributed by atoms with van der Waals surface area (Å²) in [5.41, 5.74) is 1.69. The van der Waals surface area contributed by atoms with Crippen molar-refractivity contribution in [3.8, 4) is 0 Å². The first-order chi connectivity index (χ1) is 7.42. The summed E-state index contributed by atoms with van der Waals surface area (Å²) in [5, 5.41) is 12.1. The normalized spacial score (nSPS) is 11.4. The van der Waals surface area contributed by atoms with Gasteiger partial charge in [0.2, 0.25) is 0 Å². The molecule has 0 radical (unpaired) electrons. The van der Waals surface area contributed by atoms with Crippen molar-refractivity contribution in [2.24, 2.45) is 5.41 Å². The lowest BCUT2D eigenvalue weighted by molar-refractivity contribution is -0.146. The van der Waals surface area contributed by atoms with Crippen molar-refractivity contribution in [2.45, 2.75) is 27.3 Å². The molecule has 0 aliphatic carbocycles. The second-order valence-corrected chi connectivity index (χ2v) is 4.78. The Kier molecular flexibility index (Phi) is 4.07. The lowest BCUT2D eigenvalue weighted by atomic mass is 9.94. The average molecular weight is 221 g/mol. The summed E-state index contributed by atoms with van der Waals surface area (Å²) in [6, 6.07) is 8.21. The number of rotatable bonds is 5. The number of hydrogen-bond donors (Lipinski definition) is 2. The smallest absolute Gasteiger partial charge is 0.310 e. The van der Waals surface area contributed by atoms with E-state index >= 15 is 0 Å². The number of benzene rings is 1. The maximum Gasteiger partial charge on any atom is 0.310 e. The van der Waals surface area contributed by atoms with Crippen molar-refractivity contribution in [3.63, 3.8) is 0 Å². The summed E-state index contributed by atoms with van der Waals surface area (Å²) in [7, 11) is 0. The highest BCUT2D eigenvalue weighted by atomic mass is 16.4. The van der Waals surface area contributed by atoms with Crippen molar-refractivity contribution < 1.29 is 9.90 Å². The number of carboxylic acid groups (broad SMARTS) is 1. The fourth-order valence-corrected chi connectivity index (χ4v) is 1.30. The number of carboxylic acids is 1. The Bertz CT molecular complexity index is 355. The summed E-state index contributed by atoms with van der Waals surface area (Å²) in [5.74, 6) is -0.774. The van der Waals surface area contributed by atoms with Gasteiger partial charge in [0.25, 0.3) is 0 Å². The van der Waals surface area contributed by atoms with Crippen LogP contribution in [0.3, 0.4) is 0 Å². The van der Waals surface area contributed by atoms with E-state index in [1.807, 2.05) is 6.92 Å². The highest BCUT2D eigenvalue weighted by molar-refractivity contribution is 5.73. The Morgan fingerprint density at radius 1 is 1.31 bits per heavy atom. The summed E-state index contributed by atoms with van der Waals surface area (Å²) in [4.78, 5) is 10.9. The number of carbonyl (C=O) groups is 1. The Morgan fingerprint density at radius 2 is 1.88 bits per heavy atom. The van der Waals surface area contributed by atoms with Gasteiger partial charge in [-0.05, 0) is 26.3 Å². The summed E-state index contributed by atoms with van der Waals surface area (Å²) < 4.78 is 0. The fraction of sp³-hybridized carbons (Fsp3) is 0.462. The van der Waals surface area contributed by atoms with Gasteiger partial charge in [0.05, 0.1) is 5.41 Å². The minimum Gasteiger partial charge on any atom is -0.481 e. The van der Waals surface area contributed by atoms with E-state index in [0.717, 1.165) is 0 Å². The highest BCUT2D eigenvalue weighted by Crippen LogP contribution is 2.13. The van der Waals surface area contributed by atoms with Crippen LogP contribution >= 0.6 is 0 Å². The minimum absolute atomic E-state index is 0.468. The van der Waals surface area contributed by atoms with Gasteiger partial charge in [-0.15, -0.1) is 0 Å². The molecule has 0 unspecified atom stereocenters. The average Bonchev–Trinajstić information content (AvgIpc) is 2.20. The molecule has 3 heteroatoms. The lowest BCUT2D eigenvalue weighted by Gasteiger charge is -2.19. The van der Waals surface area contributed by atoms with Crippen LogP contribution in [0.25, 0.3) is 0 Å². The van der Waals surface area contributed by atoms with Crippen LogP contribution in [0.1, 0.15) is 25.0 Å². The maximum absolute atomic E-state index is 10.9. The van der Waals surface area contributed by atoms with Crippen molar-refractivity contribution in [1.29, 1.82) is 0 Å². The van der Waals surface area contributed by atoms with Crippen LogP contribution in [-0.2, 0) is 11.3 Å². The van der Waals surface area contributed by atoms with Gasteiger partial charge >= 0.3 is 5.97 Å². The lowest BCUT2D eigenvalue weighted by Crippen LogP contribution is -2.35. The van der Waals surface area contributed by atoms with Crippen LogP contribution in [0, 0.1) is 12.3 Å². The molecule has 0 heterocycles. The Balaban J connectivity index is 2.41. The topological polar surface area (TPSA) is 49.3 Å². The summed E-state index contributed by atoms with van der Waals surface area (Å²) in [6.45, 7) is 6.66. The van der Waals surface area contributed by atoms with E-state index in [1.54, 1.807) is 13.8 Å². The van der Waals surface area contributed by atoms with Crippen molar-refractivity contribution >= 4 is 5.97 Å². The summed E-state index contributed by atoms with van der Waals surface area (Å²) in [6.07, 6.45) is 0. The minimum atomic E-state index is -0.774. The van der Waals surface area contributed by atoms with Gasteiger partial charge in [-0.2, -0.15) is 0 Å². The quantitative estimate of drug-likeness (QED) is 0.801. The zero-order valence-corrected chi connectivity index (χ0v) is 10.1. The van der Waals surface area contributed by atoms with E-state index in [-0.39, 0.29) is 0 Å². The largest absolute Gasteiger partial charge is 0.481 e. The van der Waals surface area contributed by atoms with Gasteiger partial charge in [0.15, 0.2) is 0 Å². The molecule has 0 saturated heterocycles. The fourth-order valence-electron chi connectivity index (χ4n) is 1.30. The molecular weight excluding hydrogens is 202 g/mol. The molecule has 0 bridgehead atoms. The standard InChI is InChI=1S/C13H19NO2/c1-10-4-6-11(7-5-10)8-14-9-13(2,3)12(15)16/h4-7,14H,8-9H2,1-3H3,(H,15,16). The first-order valence-corrected chi connectivity index (χ1v) is 5.41.